The van der Waals surface area contributed by atoms with Gasteiger partial charge in [0.15, 0.2) is 0 Å². The van der Waals surface area contributed by atoms with Crippen LogP contribution in [-0.2, 0) is 16.1 Å². The lowest BCUT2D eigenvalue weighted by molar-refractivity contribution is -0.119. The third kappa shape index (κ3) is 3.10. The highest BCUT2D eigenvalue weighted by Crippen LogP contribution is 2.32. The van der Waals surface area contributed by atoms with Crippen molar-refractivity contribution < 1.29 is 9.53 Å². The number of rotatable bonds is 5. The van der Waals surface area contributed by atoms with Crippen molar-refractivity contribution in [2.75, 3.05) is 20.2 Å². The summed E-state index contributed by atoms with van der Waals surface area (Å²) >= 11 is 0. The monoisotopic (exact) mass is 349 g/mol. The number of amides is 1. The van der Waals surface area contributed by atoms with E-state index in [2.05, 4.69) is 34.9 Å². The zero-order valence-corrected chi connectivity index (χ0v) is 15.0. The minimum Gasteiger partial charge on any atom is -0.380 e. The molecule has 1 fully saturated rings. The van der Waals surface area contributed by atoms with E-state index in [1.807, 2.05) is 23.1 Å². The second-order valence-electron chi connectivity index (χ2n) is 6.85. The molecule has 5 nitrogen and oxygen atoms in total. The molecule has 1 amide bonds. The van der Waals surface area contributed by atoms with Gasteiger partial charge < -0.3 is 14.0 Å². The molecule has 1 aromatic carbocycles. The first-order chi connectivity index (χ1) is 12.8. The Morgan fingerprint density at radius 1 is 1.27 bits per heavy atom. The molecule has 0 saturated carbocycles. The Bertz CT molecular complexity index is 919. The number of ether oxygens (including phenoxy) is 1. The van der Waals surface area contributed by atoms with E-state index in [1.165, 1.54) is 0 Å². The summed E-state index contributed by atoms with van der Waals surface area (Å²) in [6.07, 6.45) is 5.10. The van der Waals surface area contributed by atoms with Crippen LogP contribution in [0.25, 0.3) is 16.8 Å². The molecule has 0 radical (unpaired) electrons. The largest absolute Gasteiger partial charge is 0.380 e. The van der Waals surface area contributed by atoms with Gasteiger partial charge in [-0.3, -0.25) is 4.79 Å². The molecule has 134 valence electrons. The van der Waals surface area contributed by atoms with Gasteiger partial charge in [0.1, 0.15) is 5.82 Å². The van der Waals surface area contributed by atoms with Crippen molar-refractivity contribution in [3.63, 3.8) is 0 Å². The molecule has 2 aromatic heterocycles. The molecular formula is C21H23N3O2. The number of fused-ring (bicyclic) bond motifs is 1. The van der Waals surface area contributed by atoms with Gasteiger partial charge in [-0.25, -0.2) is 4.98 Å². The molecule has 0 bridgehead atoms. The van der Waals surface area contributed by atoms with Crippen LogP contribution in [0.2, 0.25) is 0 Å². The number of aromatic nitrogens is 2. The third-order valence-electron chi connectivity index (χ3n) is 5.05. The second-order valence-corrected chi connectivity index (χ2v) is 6.85. The number of methoxy groups -OCH3 is 1. The lowest BCUT2D eigenvalue weighted by Crippen LogP contribution is -2.33. The minimum absolute atomic E-state index is 0.264. The fourth-order valence-corrected chi connectivity index (χ4v) is 3.85. The van der Waals surface area contributed by atoms with Gasteiger partial charge in [0.05, 0.1) is 17.8 Å². The van der Waals surface area contributed by atoms with Crippen LogP contribution < -0.4 is 0 Å². The molecule has 4 rings (SSSR count). The normalized spacial score (nSPS) is 17.6. The maximum atomic E-state index is 11.2. The molecule has 1 unspecified atom stereocenters. The van der Waals surface area contributed by atoms with E-state index in [1.54, 1.807) is 7.11 Å². The van der Waals surface area contributed by atoms with Crippen molar-refractivity contribution in [2.24, 2.45) is 0 Å². The van der Waals surface area contributed by atoms with Crippen molar-refractivity contribution in [2.45, 2.75) is 25.4 Å². The van der Waals surface area contributed by atoms with Crippen LogP contribution in [0.1, 0.15) is 30.1 Å². The molecule has 1 atom stereocenters. The van der Waals surface area contributed by atoms with E-state index >= 15 is 0 Å². The molecule has 0 N–H and O–H groups in total. The summed E-state index contributed by atoms with van der Waals surface area (Å²) in [6.45, 7) is 2.17. The number of hydrogen-bond acceptors (Lipinski definition) is 3. The molecule has 3 heterocycles. The fraction of sp³-hybridized carbons (Fsp3) is 0.333. The lowest BCUT2D eigenvalue weighted by Gasteiger charge is -2.29. The first kappa shape index (κ1) is 16.8. The first-order valence-corrected chi connectivity index (χ1v) is 9.04. The third-order valence-corrected chi connectivity index (χ3v) is 5.05. The van der Waals surface area contributed by atoms with Gasteiger partial charge in [-0.1, -0.05) is 24.3 Å². The molecule has 5 heteroatoms. The number of pyridine rings is 1. The second kappa shape index (κ2) is 7.30. The fourth-order valence-electron chi connectivity index (χ4n) is 3.85. The smallest absolute Gasteiger partial charge is 0.209 e. The van der Waals surface area contributed by atoms with Gasteiger partial charge in [-0.05, 0) is 36.6 Å². The molecule has 3 aromatic rings. The molecule has 1 aliphatic rings. The van der Waals surface area contributed by atoms with Crippen molar-refractivity contribution in [1.82, 2.24) is 14.3 Å². The molecule has 26 heavy (non-hydrogen) atoms. The van der Waals surface area contributed by atoms with Gasteiger partial charge in [0.25, 0.3) is 0 Å². The molecule has 1 aliphatic heterocycles. The van der Waals surface area contributed by atoms with Gasteiger partial charge in [0, 0.05) is 37.9 Å². The van der Waals surface area contributed by atoms with Crippen molar-refractivity contribution in [3.05, 3.63) is 60.0 Å². The summed E-state index contributed by atoms with van der Waals surface area (Å²) in [4.78, 5) is 18.1. The predicted octanol–water partition coefficient (Wildman–Crippen LogP) is 3.48. The van der Waals surface area contributed by atoms with Crippen molar-refractivity contribution >= 4 is 11.9 Å². The van der Waals surface area contributed by atoms with Gasteiger partial charge in [0.2, 0.25) is 6.41 Å². The van der Waals surface area contributed by atoms with E-state index < -0.39 is 0 Å². The van der Waals surface area contributed by atoms with E-state index in [-0.39, 0.29) is 5.92 Å². The summed E-state index contributed by atoms with van der Waals surface area (Å²) in [6, 6.07) is 14.5. The maximum Gasteiger partial charge on any atom is 0.209 e. The molecule has 1 saturated heterocycles. The molecular weight excluding hydrogens is 326 g/mol. The zero-order chi connectivity index (χ0) is 17.9. The summed E-state index contributed by atoms with van der Waals surface area (Å²) in [5.74, 6) is 1.30. The summed E-state index contributed by atoms with van der Waals surface area (Å²) in [7, 11) is 1.71. The van der Waals surface area contributed by atoms with Crippen molar-refractivity contribution in [1.29, 1.82) is 0 Å². The highest BCUT2D eigenvalue weighted by Gasteiger charge is 2.25. The molecule has 0 aliphatic carbocycles. The number of nitrogens with zero attached hydrogens (tertiary/aromatic N) is 3. The highest BCUT2D eigenvalue weighted by atomic mass is 16.5. The van der Waals surface area contributed by atoms with E-state index in [0.717, 1.165) is 60.5 Å². The van der Waals surface area contributed by atoms with Crippen LogP contribution in [0, 0.1) is 0 Å². The standard InChI is InChI=1S/C21H23N3O2/c1-26-14-16-6-4-7-17(12-16)20-19-9-2-3-11-24(19)21(22-20)18-8-5-10-23(13-18)15-25/h2-4,6-7,9,11-12,15,18H,5,8,10,13-14H2,1H3. The Morgan fingerprint density at radius 2 is 2.19 bits per heavy atom. The van der Waals surface area contributed by atoms with E-state index in [0.29, 0.717) is 6.61 Å². The number of piperidine rings is 1. The SMILES string of the molecule is COCc1cccc(-c2nc(C3CCCN(C=O)C3)n3ccccc23)c1. The zero-order valence-electron chi connectivity index (χ0n) is 15.0. The van der Waals surface area contributed by atoms with Crippen LogP contribution in [0.4, 0.5) is 0 Å². The summed E-state index contributed by atoms with van der Waals surface area (Å²) < 4.78 is 7.44. The van der Waals surface area contributed by atoms with E-state index in [4.69, 9.17) is 9.72 Å². The van der Waals surface area contributed by atoms with Crippen LogP contribution >= 0.6 is 0 Å². The number of benzene rings is 1. The van der Waals surface area contributed by atoms with Crippen LogP contribution in [-0.4, -0.2) is 40.9 Å². The van der Waals surface area contributed by atoms with Gasteiger partial charge in [-0.15, -0.1) is 0 Å². The number of imidazole rings is 1. The Hall–Kier alpha value is -2.66. The molecule has 0 spiro atoms. The van der Waals surface area contributed by atoms with Crippen LogP contribution in [0.3, 0.4) is 0 Å². The Balaban J connectivity index is 1.79. The minimum atomic E-state index is 0.264. The van der Waals surface area contributed by atoms with Crippen LogP contribution in [0.15, 0.2) is 48.7 Å². The first-order valence-electron chi connectivity index (χ1n) is 9.04. The predicted molar refractivity (Wildman–Crippen MR) is 101 cm³/mol. The lowest BCUT2D eigenvalue weighted by atomic mass is 9.97. The average Bonchev–Trinajstić information content (AvgIpc) is 3.08. The quantitative estimate of drug-likeness (QED) is 0.663. The number of carbonyl (C=O) groups is 1. The number of likely N-dealkylation sites (tertiary alicyclic amines) is 1. The average molecular weight is 349 g/mol. The van der Waals surface area contributed by atoms with Crippen molar-refractivity contribution in [3.8, 4) is 11.3 Å². The highest BCUT2D eigenvalue weighted by molar-refractivity contribution is 5.78. The number of hydrogen-bond donors (Lipinski definition) is 0. The van der Waals surface area contributed by atoms with E-state index in [9.17, 15) is 4.79 Å². The summed E-state index contributed by atoms with van der Waals surface area (Å²) in [5, 5.41) is 0. The van der Waals surface area contributed by atoms with Gasteiger partial charge >= 0.3 is 0 Å². The Labute approximate surface area is 153 Å². The number of carbonyl (C=O) groups excluding carboxylic acids is 1. The van der Waals surface area contributed by atoms with Gasteiger partial charge in [-0.2, -0.15) is 0 Å². The van der Waals surface area contributed by atoms with Crippen LogP contribution in [0.5, 0.6) is 0 Å². The topological polar surface area (TPSA) is 46.8 Å². The summed E-state index contributed by atoms with van der Waals surface area (Å²) in [5.41, 5.74) is 4.31. The Kier molecular flexibility index (Phi) is 4.71. The Morgan fingerprint density at radius 3 is 3.04 bits per heavy atom. The maximum absolute atomic E-state index is 11.2.